The van der Waals surface area contributed by atoms with E-state index in [1.165, 1.54) is 22.5 Å². The summed E-state index contributed by atoms with van der Waals surface area (Å²) < 4.78 is 8.16. The zero-order valence-electron chi connectivity index (χ0n) is 18.1. The Bertz CT molecular complexity index is 1180. The molecule has 1 unspecified atom stereocenters. The molecule has 0 aliphatic heterocycles. The van der Waals surface area contributed by atoms with Gasteiger partial charge in [0, 0.05) is 6.54 Å². The number of carbonyl (C=O) groups excluding carboxylic acids is 1. The summed E-state index contributed by atoms with van der Waals surface area (Å²) in [6.45, 7) is 7.56. The first-order valence-electron chi connectivity index (χ1n) is 10.5. The molecule has 0 aliphatic carbocycles. The van der Waals surface area contributed by atoms with Crippen LogP contribution in [-0.4, -0.2) is 22.1 Å². The van der Waals surface area contributed by atoms with Crippen LogP contribution in [0.3, 0.4) is 0 Å². The third kappa shape index (κ3) is 4.80. The van der Waals surface area contributed by atoms with Gasteiger partial charge in [0.25, 0.3) is 5.91 Å². The number of hydrogen-bond donors (Lipinski definition) is 1. The molecule has 0 aliphatic rings. The van der Waals surface area contributed by atoms with Gasteiger partial charge in [-0.1, -0.05) is 24.3 Å². The Morgan fingerprint density at radius 3 is 2.74 bits per heavy atom. The molecule has 4 rings (SSSR count). The largest absolute Gasteiger partial charge is 0.494 e. The molecule has 4 aromatic rings. The summed E-state index contributed by atoms with van der Waals surface area (Å²) in [5.41, 5.74) is 4.50. The molecule has 0 spiro atoms. The van der Waals surface area contributed by atoms with Crippen LogP contribution in [0.5, 0.6) is 5.75 Å². The lowest BCUT2D eigenvalue weighted by Crippen LogP contribution is -2.28. The lowest BCUT2D eigenvalue weighted by Gasteiger charge is -2.16. The summed E-state index contributed by atoms with van der Waals surface area (Å²) in [5.74, 6) is 1.69. The second-order valence-corrected chi connectivity index (χ2v) is 8.68. The quantitative estimate of drug-likeness (QED) is 0.364. The molecule has 0 saturated heterocycles. The van der Waals surface area contributed by atoms with Crippen LogP contribution in [-0.2, 0) is 6.54 Å². The molecule has 5 nitrogen and oxygen atoms in total. The highest BCUT2D eigenvalue weighted by Crippen LogP contribution is 2.22. The number of para-hydroxylation sites is 2. The van der Waals surface area contributed by atoms with Gasteiger partial charge in [-0.15, -0.1) is 11.3 Å². The fourth-order valence-electron chi connectivity index (χ4n) is 3.62. The van der Waals surface area contributed by atoms with E-state index in [2.05, 4.69) is 41.9 Å². The van der Waals surface area contributed by atoms with Gasteiger partial charge in [-0.3, -0.25) is 4.79 Å². The van der Waals surface area contributed by atoms with Gasteiger partial charge < -0.3 is 14.6 Å². The van der Waals surface area contributed by atoms with Gasteiger partial charge in [0.15, 0.2) is 0 Å². The minimum Gasteiger partial charge on any atom is -0.494 e. The van der Waals surface area contributed by atoms with Crippen molar-refractivity contribution >= 4 is 28.3 Å². The fourth-order valence-corrected chi connectivity index (χ4v) is 4.24. The summed E-state index contributed by atoms with van der Waals surface area (Å²) in [7, 11) is 0. The summed E-state index contributed by atoms with van der Waals surface area (Å²) in [6, 6.07) is 17.8. The molecule has 2 aromatic heterocycles. The molecular formula is C25H27N3O2S. The van der Waals surface area contributed by atoms with Crippen LogP contribution in [0.25, 0.3) is 11.0 Å². The van der Waals surface area contributed by atoms with Crippen LogP contribution in [0.4, 0.5) is 0 Å². The van der Waals surface area contributed by atoms with Crippen molar-refractivity contribution in [1.82, 2.24) is 14.9 Å². The van der Waals surface area contributed by atoms with Gasteiger partial charge in [0.2, 0.25) is 0 Å². The summed E-state index contributed by atoms with van der Waals surface area (Å²) in [4.78, 5) is 18.0. The second-order valence-electron chi connectivity index (χ2n) is 7.73. The molecule has 0 saturated carbocycles. The summed E-state index contributed by atoms with van der Waals surface area (Å²) in [6.07, 6.45) is 0.839. The monoisotopic (exact) mass is 433 g/mol. The Balaban J connectivity index is 1.47. The van der Waals surface area contributed by atoms with Crippen LogP contribution in [0, 0.1) is 13.8 Å². The number of carbonyl (C=O) groups is 1. The number of nitrogens with one attached hydrogen (secondary N) is 1. The van der Waals surface area contributed by atoms with Crippen molar-refractivity contribution in [2.24, 2.45) is 0 Å². The zero-order valence-corrected chi connectivity index (χ0v) is 18.9. The number of aromatic nitrogens is 2. The number of imidazole rings is 1. The zero-order chi connectivity index (χ0) is 21.8. The Morgan fingerprint density at radius 2 is 1.97 bits per heavy atom. The third-order valence-electron chi connectivity index (χ3n) is 5.44. The number of nitrogens with zero attached hydrogens (tertiary/aromatic N) is 2. The number of benzene rings is 2. The summed E-state index contributed by atoms with van der Waals surface area (Å²) in [5, 5.41) is 4.99. The number of thiophene rings is 1. The number of rotatable bonds is 8. The van der Waals surface area contributed by atoms with Crippen LogP contribution in [0.15, 0.2) is 60.0 Å². The predicted molar refractivity (Wildman–Crippen MR) is 126 cm³/mol. The molecule has 0 bridgehead atoms. The van der Waals surface area contributed by atoms with Gasteiger partial charge in [-0.2, -0.15) is 0 Å². The van der Waals surface area contributed by atoms with Crippen LogP contribution in [0.2, 0.25) is 0 Å². The molecule has 0 radical (unpaired) electrons. The van der Waals surface area contributed by atoms with Gasteiger partial charge in [0.05, 0.1) is 28.6 Å². The maximum absolute atomic E-state index is 12.5. The van der Waals surface area contributed by atoms with Crippen LogP contribution in [0.1, 0.15) is 46.0 Å². The SMILES string of the molecule is Cc1ccc(OCCCn2c(C(C)NC(=O)c3cccs3)nc3ccccc32)cc1C. The first-order chi connectivity index (χ1) is 15.0. The molecule has 2 heterocycles. The topological polar surface area (TPSA) is 56.1 Å². The lowest BCUT2D eigenvalue weighted by atomic mass is 10.1. The van der Waals surface area contributed by atoms with Gasteiger partial charge in [0.1, 0.15) is 11.6 Å². The van der Waals surface area contributed by atoms with Crippen molar-refractivity contribution < 1.29 is 9.53 Å². The highest BCUT2D eigenvalue weighted by molar-refractivity contribution is 7.12. The molecule has 1 amide bonds. The smallest absolute Gasteiger partial charge is 0.261 e. The lowest BCUT2D eigenvalue weighted by molar-refractivity contribution is 0.0941. The minimum absolute atomic E-state index is 0.0702. The van der Waals surface area contributed by atoms with E-state index < -0.39 is 0 Å². The normalized spacial score (nSPS) is 12.1. The van der Waals surface area contributed by atoms with Crippen LogP contribution >= 0.6 is 11.3 Å². The van der Waals surface area contributed by atoms with E-state index in [4.69, 9.17) is 9.72 Å². The number of amides is 1. The standard InChI is InChI=1S/C25H27N3O2S/c1-17-11-12-20(16-18(17)2)30-14-7-13-28-22-9-5-4-8-21(22)27-24(28)19(3)26-25(29)23-10-6-15-31-23/h4-6,8-12,15-16,19H,7,13-14H2,1-3H3,(H,26,29). The maximum atomic E-state index is 12.5. The Morgan fingerprint density at radius 1 is 1.13 bits per heavy atom. The van der Waals surface area contributed by atoms with Crippen molar-refractivity contribution in [3.05, 3.63) is 81.8 Å². The number of fused-ring (bicyclic) bond motifs is 1. The minimum atomic E-state index is -0.206. The fraction of sp³-hybridized carbons (Fsp3) is 0.280. The number of hydrogen-bond acceptors (Lipinski definition) is 4. The molecule has 160 valence electrons. The first kappa shape index (κ1) is 21.1. The van der Waals surface area contributed by atoms with E-state index in [-0.39, 0.29) is 11.9 Å². The van der Waals surface area contributed by atoms with Crippen molar-refractivity contribution in [1.29, 1.82) is 0 Å². The average Bonchev–Trinajstić information content (AvgIpc) is 3.42. The molecular weight excluding hydrogens is 406 g/mol. The van der Waals surface area contributed by atoms with E-state index >= 15 is 0 Å². The van der Waals surface area contributed by atoms with Crippen molar-refractivity contribution in [2.45, 2.75) is 39.8 Å². The molecule has 1 atom stereocenters. The maximum Gasteiger partial charge on any atom is 0.261 e. The predicted octanol–water partition coefficient (Wildman–Crippen LogP) is 5.67. The Labute approximate surface area is 186 Å². The van der Waals surface area contributed by atoms with Crippen molar-refractivity contribution in [2.75, 3.05) is 6.61 Å². The second kappa shape index (κ2) is 9.35. The number of aryl methyl sites for hydroxylation is 3. The average molecular weight is 434 g/mol. The molecule has 1 N–H and O–H groups in total. The number of ether oxygens (including phenoxy) is 1. The van der Waals surface area contributed by atoms with E-state index in [1.807, 2.05) is 48.7 Å². The van der Waals surface area contributed by atoms with Gasteiger partial charge >= 0.3 is 0 Å². The van der Waals surface area contributed by atoms with Crippen LogP contribution < -0.4 is 10.1 Å². The van der Waals surface area contributed by atoms with E-state index in [0.717, 1.165) is 35.6 Å². The van der Waals surface area contributed by atoms with Crippen molar-refractivity contribution in [3.8, 4) is 5.75 Å². The van der Waals surface area contributed by atoms with E-state index in [0.29, 0.717) is 11.5 Å². The Hall–Kier alpha value is -3.12. The third-order valence-corrected chi connectivity index (χ3v) is 6.31. The highest BCUT2D eigenvalue weighted by atomic mass is 32.1. The Kier molecular flexibility index (Phi) is 6.37. The summed E-state index contributed by atoms with van der Waals surface area (Å²) >= 11 is 1.44. The molecule has 6 heteroatoms. The van der Waals surface area contributed by atoms with Gasteiger partial charge in [-0.25, -0.2) is 4.98 Å². The molecule has 0 fully saturated rings. The van der Waals surface area contributed by atoms with E-state index in [1.54, 1.807) is 0 Å². The highest BCUT2D eigenvalue weighted by Gasteiger charge is 2.19. The van der Waals surface area contributed by atoms with Crippen molar-refractivity contribution in [3.63, 3.8) is 0 Å². The van der Waals surface area contributed by atoms with Gasteiger partial charge in [-0.05, 0) is 74.0 Å². The van der Waals surface area contributed by atoms with E-state index in [9.17, 15) is 4.79 Å². The molecule has 31 heavy (non-hydrogen) atoms. The first-order valence-corrected chi connectivity index (χ1v) is 11.4. The molecule has 2 aromatic carbocycles.